The molecule has 2 unspecified atom stereocenters. The number of rotatable bonds is 1. The van der Waals surface area contributed by atoms with E-state index in [1.54, 1.807) is 31.2 Å². The summed E-state index contributed by atoms with van der Waals surface area (Å²) in [7, 11) is 0. The molecule has 5 heteroatoms. The molecule has 0 saturated carbocycles. The minimum atomic E-state index is -0.982. The zero-order valence-electron chi connectivity index (χ0n) is 10.7. The lowest BCUT2D eigenvalue weighted by molar-refractivity contribution is -0.0273. The van der Waals surface area contributed by atoms with E-state index in [4.69, 9.17) is 5.26 Å². The third kappa shape index (κ3) is 2.85. The number of nitriles is 1. The van der Waals surface area contributed by atoms with Gasteiger partial charge in [0, 0.05) is 13.0 Å². The monoisotopic (exact) mass is 260 g/mol. The SMILES string of the molecule is CC1(O)CCN(C(=O)O)C(c2ccc(C#N)cc2)C1. The fraction of sp³-hybridized carbons (Fsp3) is 0.429. The van der Waals surface area contributed by atoms with Crippen molar-refractivity contribution in [3.05, 3.63) is 35.4 Å². The summed E-state index contributed by atoms with van der Waals surface area (Å²) in [4.78, 5) is 12.6. The van der Waals surface area contributed by atoms with Crippen LogP contribution in [0.15, 0.2) is 24.3 Å². The normalized spacial score (nSPS) is 26.8. The quantitative estimate of drug-likeness (QED) is 0.810. The zero-order chi connectivity index (χ0) is 14.0. The molecule has 2 N–H and O–H groups in total. The number of nitrogens with zero attached hydrogens (tertiary/aromatic N) is 2. The van der Waals surface area contributed by atoms with E-state index in [1.807, 2.05) is 6.07 Å². The molecule has 1 amide bonds. The predicted octanol–water partition coefficient (Wildman–Crippen LogP) is 2.12. The van der Waals surface area contributed by atoms with Crippen LogP contribution in [0.25, 0.3) is 0 Å². The Morgan fingerprint density at radius 2 is 2.11 bits per heavy atom. The molecular weight excluding hydrogens is 244 g/mol. The number of benzene rings is 1. The fourth-order valence-electron chi connectivity index (χ4n) is 2.45. The van der Waals surface area contributed by atoms with Crippen molar-refractivity contribution >= 4 is 6.09 Å². The maximum absolute atomic E-state index is 11.3. The third-order valence-corrected chi connectivity index (χ3v) is 3.57. The fourth-order valence-corrected chi connectivity index (χ4v) is 2.45. The van der Waals surface area contributed by atoms with Crippen LogP contribution in [0.5, 0.6) is 0 Å². The van der Waals surface area contributed by atoms with Crippen LogP contribution in [0.1, 0.15) is 36.9 Å². The predicted molar refractivity (Wildman–Crippen MR) is 68.5 cm³/mol. The van der Waals surface area contributed by atoms with Crippen molar-refractivity contribution in [1.82, 2.24) is 4.90 Å². The third-order valence-electron chi connectivity index (χ3n) is 3.57. The minimum absolute atomic E-state index is 0.313. The summed E-state index contributed by atoms with van der Waals surface area (Å²) in [6.07, 6.45) is -0.179. The van der Waals surface area contributed by atoms with Gasteiger partial charge in [0.05, 0.1) is 23.3 Å². The first-order chi connectivity index (χ1) is 8.93. The molecule has 1 saturated heterocycles. The minimum Gasteiger partial charge on any atom is -0.465 e. The second-order valence-corrected chi connectivity index (χ2v) is 5.18. The summed E-state index contributed by atoms with van der Waals surface area (Å²) in [5, 5.41) is 28.1. The second kappa shape index (κ2) is 4.90. The maximum atomic E-state index is 11.3. The van der Waals surface area contributed by atoms with Crippen LogP contribution in [0.3, 0.4) is 0 Å². The number of carboxylic acid groups (broad SMARTS) is 1. The first kappa shape index (κ1) is 13.4. The maximum Gasteiger partial charge on any atom is 0.407 e. The average molecular weight is 260 g/mol. The van der Waals surface area contributed by atoms with Crippen LogP contribution in [0, 0.1) is 11.3 Å². The first-order valence-electron chi connectivity index (χ1n) is 6.15. The zero-order valence-corrected chi connectivity index (χ0v) is 10.7. The van der Waals surface area contributed by atoms with Gasteiger partial charge < -0.3 is 15.1 Å². The van der Waals surface area contributed by atoms with Gasteiger partial charge in [-0.1, -0.05) is 12.1 Å². The number of likely N-dealkylation sites (tertiary alicyclic amines) is 1. The summed E-state index contributed by atoms with van der Waals surface area (Å²) in [5.74, 6) is 0. The Morgan fingerprint density at radius 3 is 2.63 bits per heavy atom. The molecule has 2 rings (SSSR count). The highest BCUT2D eigenvalue weighted by Crippen LogP contribution is 2.36. The molecule has 100 valence electrons. The summed E-state index contributed by atoms with van der Waals surface area (Å²) in [5.41, 5.74) is 0.486. The molecule has 0 bridgehead atoms. The van der Waals surface area contributed by atoms with Gasteiger partial charge in [-0.25, -0.2) is 4.79 Å². The van der Waals surface area contributed by atoms with Crippen LogP contribution in [0.4, 0.5) is 4.79 Å². The van der Waals surface area contributed by atoms with Crippen LogP contribution in [-0.2, 0) is 0 Å². The molecule has 1 fully saturated rings. The van der Waals surface area contributed by atoms with Gasteiger partial charge in [0.15, 0.2) is 0 Å². The smallest absolute Gasteiger partial charge is 0.407 e. The van der Waals surface area contributed by atoms with Crippen molar-refractivity contribution in [2.45, 2.75) is 31.4 Å². The average Bonchev–Trinajstić information content (AvgIpc) is 2.37. The van der Waals surface area contributed by atoms with Gasteiger partial charge in [-0.05, 0) is 31.0 Å². The molecule has 1 aromatic rings. The Bertz CT molecular complexity index is 516. The van der Waals surface area contributed by atoms with Crippen molar-refractivity contribution in [3.8, 4) is 6.07 Å². The molecular formula is C14H16N2O3. The lowest BCUT2D eigenvalue weighted by atomic mass is 9.85. The van der Waals surface area contributed by atoms with Crippen molar-refractivity contribution < 1.29 is 15.0 Å². The standard InChI is InChI=1S/C14H16N2O3/c1-14(19)6-7-16(13(17)18)12(8-14)11-4-2-10(9-15)3-5-11/h2-5,12,19H,6-8H2,1H3,(H,17,18). The topological polar surface area (TPSA) is 84.6 Å². The molecule has 0 aromatic heterocycles. The molecule has 5 nitrogen and oxygen atoms in total. The molecule has 2 atom stereocenters. The van der Waals surface area contributed by atoms with Gasteiger partial charge in [0.25, 0.3) is 0 Å². The van der Waals surface area contributed by atoms with E-state index in [1.165, 1.54) is 4.90 Å². The van der Waals surface area contributed by atoms with Gasteiger partial charge in [0.2, 0.25) is 0 Å². The second-order valence-electron chi connectivity index (χ2n) is 5.18. The van der Waals surface area contributed by atoms with Crippen molar-refractivity contribution in [1.29, 1.82) is 5.26 Å². The highest BCUT2D eigenvalue weighted by molar-refractivity contribution is 5.66. The summed E-state index contributed by atoms with van der Waals surface area (Å²) >= 11 is 0. The van der Waals surface area contributed by atoms with Gasteiger partial charge in [-0.15, -0.1) is 0 Å². The van der Waals surface area contributed by atoms with Crippen LogP contribution in [0.2, 0.25) is 0 Å². The van der Waals surface area contributed by atoms with Crippen LogP contribution in [-0.4, -0.2) is 33.4 Å². The van der Waals surface area contributed by atoms with Gasteiger partial charge in [-0.3, -0.25) is 0 Å². The lowest BCUT2D eigenvalue weighted by Crippen LogP contribution is -2.46. The molecule has 19 heavy (non-hydrogen) atoms. The number of amides is 1. The van der Waals surface area contributed by atoms with Crippen LogP contribution < -0.4 is 0 Å². The van der Waals surface area contributed by atoms with Crippen LogP contribution >= 0.6 is 0 Å². The molecule has 0 spiro atoms. The van der Waals surface area contributed by atoms with E-state index in [0.717, 1.165) is 5.56 Å². The van der Waals surface area contributed by atoms with Crippen molar-refractivity contribution in [2.24, 2.45) is 0 Å². The van der Waals surface area contributed by atoms with Gasteiger partial charge in [-0.2, -0.15) is 5.26 Å². The molecule has 1 aromatic carbocycles. The Kier molecular flexibility index (Phi) is 3.45. The van der Waals surface area contributed by atoms with E-state index in [0.29, 0.717) is 24.9 Å². The van der Waals surface area contributed by atoms with Crippen molar-refractivity contribution in [3.63, 3.8) is 0 Å². The van der Waals surface area contributed by atoms with Crippen molar-refractivity contribution in [2.75, 3.05) is 6.54 Å². The lowest BCUT2D eigenvalue weighted by Gasteiger charge is -2.41. The van der Waals surface area contributed by atoms with E-state index >= 15 is 0 Å². The number of hydrogen-bond acceptors (Lipinski definition) is 3. The molecule has 1 heterocycles. The van der Waals surface area contributed by atoms with E-state index in [9.17, 15) is 15.0 Å². The first-order valence-corrected chi connectivity index (χ1v) is 6.15. The number of piperidine rings is 1. The van der Waals surface area contributed by atoms with E-state index in [-0.39, 0.29) is 6.04 Å². The molecule has 0 radical (unpaired) electrons. The highest BCUT2D eigenvalue weighted by Gasteiger charge is 2.37. The van der Waals surface area contributed by atoms with E-state index in [2.05, 4.69) is 0 Å². The molecule has 1 aliphatic heterocycles. The number of hydrogen-bond donors (Lipinski definition) is 2. The molecule has 0 aliphatic carbocycles. The number of carbonyl (C=O) groups is 1. The summed E-state index contributed by atoms with van der Waals surface area (Å²) < 4.78 is 0. The summed E-state index contributed by atoms with van der Waals surface area (Å²) in [6.45, 7) is 2.04. The Hall–Kier alpha value is -2.06. The largest absolute Gasteiger partial charge is 0.465 e. The van der Waals surface area contributed by atoms with Gasteiger partial charge >= 0.3 is 6.09 Å². The highest BCUT2D eigenvalue weighted by atomic mass is 16.4. The van der Waals surface area contributed by atoms with Gasteiger partial charge in [0.1, 0.15) is 0 Å². The summed E-state index contributed by atoms with van der Waals surface area (Å²) in [6, 6.07) is 8.49. The molecule has 1 aliphatic rings. The Labute approximate surface area is 111 Å². The number of aliphatic hydroxyl groups is 1. The van der Waals surface area contributed by atoms with E-state index < -0.39 is 11.7 Å². The Balaban J connectivity index is 2.31. The Morgan fingerprint density at radius 1 is 1.47 bits per heavy atom.